The predicted octanol–water partition coefficient (Wildman–Crippen LogP) is 3.36. The van der Waals surface area contributed by atoms with Crippen molar-refractivity contribution in [2.75, 3.05) is 5.32 Å². The summed E-state index contributed by atoms with van der Waals surface area (Å²) >= 11 is 6.02. The summed E-state index contributed by atoms with van der Waals surface area (Å²) in [6, 6.07) is 7.76. The lowest BCUT2D eigenvalue weighted by molar-refractivity contribution is 0.845. The molecule has 0 heterocycles. The van der Waals surface area contributed by atoms with Gasteiger partial charge in [0.25, 0.3) is 0 Å². The smallest absolute Gasteiger partial charge is 0.114 e. The number of hydrogen-bond donors (Lipinski definition) is 1. The van der Waals surface area contributed by atoms with Crippen LogP contribution in [0.25, 0.3) is 0 Å². The lowest BCUT2D eigenvalue weighted by Gasteiger charge is -2.12. The third-order valence-corrected chi connectivity index (χ3v) is 2.33. The molecule has 0 fully saturated rings. The number of nitrogens with one attached hydrogen (secondary N) is 1. The molecule has 14 heavy (non-hydrogen) atoms. The normalized spacial score (nSPS) is 11.9. The van der Waals surface area contributed by atoms with Gasteiger partial charge in [-0.15, -0.1) is 0 Å². The van der Waals surface area contributed by atoms with E-state index in [9.17, 15) is 0 Å². The fraction of sp³-hybridized carbons (Fsp3) is 0.364. The molecule has 3 heteroatoms. The van der Waals surface area contributed by atoms with Crippen LogP contribution in [0.4, 0.5) is 5.69 Å². The Bertz CT molecular complexity index is 355. The first-order valence-electron chi connectivity index (χ1n) is 4.59. The van der Waals surface area contributed by atoms with Crippen molar-refractivity contribution in [2.24, 2.45) is 0 Å². The van der Waals surface area contributed by atoms with Crippen molar-refractivity contribution in [3.8, 4) is 6.07 Å². The van der Waals surface area contributed by atoms with Crippen LogP contribution in [0.15, 0.2) is 18.2 Å². The molecule has 0 saturated heterocycles. The van der Waals surface area contributed by atoms with Crippen LogP contribution in [0.3, 0.4) is 0 Å². The monoisotopic (exact) mass is 208 g/mol. The molecule has 1 aromatic rings. The molecule has 74 valence electrons. The molecule has 0 aliphatic heterocycles. The number of nitrogens with zero attached hydrogens (tertiary/aromatic N) is 1. The molecule has 0 saturated carbocycles. The summed E-state index contributed by atoms with van der Waals surface area (Å²) in [6.45, 7) is 3.94. The molecule has 0 bridgehead atoms. The van der Waals surface area contributed by atoms with Crippen molar-refractivity contribution < 1.29 is 0 Å². The number of anilines is 1. The molecule has 1 atom stereocenters. The fourth-order valence-electron chi connectivity index (χ4n) is 1.15. The quantitative estimate of drug-likeness (QED) is 0.827. The highest BCUT2D eigenvalue weighted by Gasteiger charge is 2.06. The van der Waals surface area contributed by atoms with Gasteiger partial charge in [-0.05, 0) is 31.0 Å². The van der Waals surface area contributed by atoms with Crippen molar-refractivity contribution in [2.45, 2.75) is 26.3 Å². The third-order valence-electron chi connectivity index (χ3n) is 2.02. The predicted molar refractivity (Wildman–Crippen MR) is 59.5 cm³/mol. The number of halogens is 1. The summed E-state index contributed by atoms with van der Waals surface area (Å²) in [5, 5.41) is 12.5. The molecule has 0 amide bonds. The summed E-state index contributed by atoms with van der Waals surface area (Å²) in [4.78, 5) is 0. The molecular weight excluding hydrogens is 196 g/mol. The number of hydrogen-bond acceptors (Lipinski definition) is 2. The number of nitriles is 1. The summed E-state index contributed by atoms with van der Waals surface area (Å²) in [6.07, 6.45) is 0.765. The molecule has 0 aromatic heterocycles. The van der Waals surface area contributed by atoms with Gasteiger partial charge in [0.05, 0.1) is 16.8 Å². The van der Waals surface area contributed by atoms with Gasteiger partial charge in [0.1, 0.15) is 6.04 Å². The first-order valence-corrected chi connectivity index (χ1v) is 4.97. The average molecular weight is 209 g/mol. The van der Waals surface area contributed by atoms with Gasteiger partial charge >= 0.3 is 0 Å². The summed E-state index contributed by atoms with van der Waals surface area (Å²) < 4.78 is 0. The van der Waals surface area contributed by atoms with Gasteiger partial charge in [-0.2, -0.15) is 5.26 Å². The maximum Gasteiger partial charge on any atom is 0.114 e. The van der Waals surface area contributed by atoms with Crippen LogP contribution in [0.2, 0.25) is 5.02 Å². The van der Waals surface area contributed by atoms with E-state index in [2.05, 4.69) is 11.4 Å². The number of benzene rings is 1. The Hall–Kier alpha value is -1.20. The van der Waals surface area contributed by atoms with Crippen molar-refractivity contribution in [1.29, 1.82) is 5.26 Å². The minimum Gasteiger partial charge on any atom is -0.369 e. The molecule has 1 aromatic carbocycles. The van der Waals surface area contributed by atoms with E-state index < -0.39 is 0 Å². The summed E-state index contributed by atoms with van der Waals surface area (Å²) in [5.74, 6) is 0. The highest BCUT2D eigenvalue weighted by molar-refractivity contribution is 6.33. The first-order chi connectivity index (χ1) is 6.67. The van der Waals surface area contributed by atoms with Crippen LogP contribution in [0.1, 0.15) is 18.9 Å². The van der Waals surface area contributed by atoms with Gasteiger partial charge in [-0.1, -0.05) is 24.6 Å². The SMILES string of the molecule is CCC(C#N)Nc1ccc(C)cc1Cl. The van der Waals surface area contributed by atoms with Gasteiger partial charge in [0.15, 0.2) is 0 Å². The van der Waals surface area contributed by atoms with Gasteiger partial charge < -0.3 is 5.32 Å². The Morgan fingerprint density at radius 2 is 2.29 bits per heavy atom. The molecule has 1 unspecified atom stereocenters. The van der Waals surface area contributed by atoms with Crippen LogP contribution in [-0.4, -0.2) is 6.04 Å². The zero-order valence-electron chi connectivity index (χ0n) is 8.34. The second kappa shape index (κ2) is 4.88. The number of aryl methyl sites for hydroxylation is 1. The van der Waals surface area contributed by atoms with E-state index in [0.29, 0.717) is 5.02 Å². The zero-order valence-corrected chi connectivity index (χ0v) is 9.10. The average Bonchev–Trinajstić information content (AvgIpc) is 2.17. The Morgan fingerprint density at radius 1 is 1.57 bits per heavy atom. The molecule has 0 aliphatic carbocycles. The fourth-order valence-corrected chi connectivity index (χ4v) is 1.44. The Labute approximate surface area is 89.5 Å². The lowest BCUT2D eigenvalue weighted by atomic mass is 10.2. The largest absolute Gasteiger partial charge is 0.369 e. The standard InChI is InChI=1S/C11H13ClN2/c1-3-9(7-13)14-11-5-4-8(2)6-10(11)12/h4-6,9,14H,3H2,1-2H3. The second-order valence-corrected chi connectivity index (χ2v) is 3.62. The molecule has 0 aliphatic rings. The Balaban J connectivity index is 2.82. The van der Waals surface area contributed by atoms with Gasteiger partial charge in [0, 0.05) is 0 Å². The van der Waals surface area contributed by atoms with Crippen molar-refractivity contribution in [3.63, 3.8) is 0 Å². The van der Waals surface area contributed by atoms with Gasteiger partial charge in [-0.25, -0.2) is 0 Å². The van der Waals surface area contributed by atoms with Crippen LogP contribution in [0, 0.1) is 18.3 Å². The zero-order chi connectivity index (χ0) is 10.6. The molecule has 0 radical (unpaired) electrons. The minimum absolute atomic E-state index is 0.171. The van der Waals surface area contributed by atoms with Gasteiger partial charge in [-0.3, -0.25) is 0 Å². The molecule has 2 nitrogen and oxygen atoms in total. The molecular formula is C11H13ClN2. The van der Waals surface area contributed by atoms with E-state index in [-0.39, 0.29) is 6.04 Å². The lowest BCUT2D eigenvalue weighted by Crippen LogP contribution is -2.15. The van der Waals surface area contributed by atoms with E-state index in [1.165, 1.54) is 0 Å². The topological polar surface area (TPSA) is 35.8 Å². The number of rotatable bonds is 3. The van der Waals surface area contributed by atoms with Crippen LogP contribution in [0.5, 0.6) is 0 Å². The van der Waals surface area contributed by atoms with Crippen molar-refractivity contribution in [3.05, 3.63) is 28.8 Å². The maximum absolute atomic E-state index is 8.78. The Kier molecular flexibility index (Phi) is 3.79. The highest BCUT2D eigenvalue weighted by atomic mass is 35.5. The Morgan fingerprint density at radius 3 is 2.79 bits per heavy atom. The minimum atomic E-state index is -0.171. The summed E-state index contributed by atoms with van der Waals surface area (Å²) in [7, 11) is 0. The van der Waals surface area contributed by atoms with Crippen LogP contribution >= 0.6 is 11.6 Å². The molecule has 1 N–H and O–H groups in total. The van der Waals surface area contributed by atoms with E-state index >= 15 is 0 Å². The summed E-state index contributed by atoms with van der Waals surface area (Å²) in [5.41, 5.74) is 1.94. The van der Waals surface area contributed by atoms with Crippen LogP contribution in [-0.2, 0) is 0 Å². The third kappa shape index (κ3) is 2.65. The molecule has 1 rings (SSSR count). The maximum atomic E-state index is 8.78. The van der Waals surface area contributed by atoms with Crippen molar-refractivity contribution >= 4 is 17.3 Å². The molecule has 0 spiro atoms. The first kappa shape index (κ1) is 10.9. The second-order valence-electron chi connectivity index (χ2n) is 3.22. The highest BCUT2D eigenvalue weighted by Crippen LogP contribution is 2.23. The van der Waals surface area contributed by atoms with Gasteiger partial charge in [0.2, 0.25) is 0 Å². The van der Waals surface area contributed by atoms with E-state index in [0.717, 1.165) is 17.7 Å². The van der Waals surface area contributed by atoms with E-state index in [1.54, 1.807) is 0 Å². The van der Waals surface area contributed by atoms with Crippen LogP contribution < -0.4 is 5.32 Å². The van der Waals surface area contributed by atoms with E-state index in [1.807, 2.05) is 32.0 Å². The van der Waals surface area contributed by atoms with Crippen molar-refractivity contribution in [1.82, 2.24) is 0 Å². The van der Waals surface area contributed by atoms with E-state index in [4.69, 9.17) is 16.9 Å².